The number of nitrogens with zero attached hydrogens (tertiary/aromatic N) is 3. The smallest absolute Gasteiger partial charge is 0.158 e. The lowest BCUT2D eigenvalue weighted by Crippen LogP contribution is -2.37. The molecule has 0 atom stereocenters. The summed E-state index contributed by atoms with van der Waals surface area (Å²) in [5.74, 6) is 1.49. The Hall–Kier alpha value is -0.910. The molecule has 0 N–H and O–H groups in total. The number of ether oxygens (including phenoxy) is 2. The molecule has 0 spiro atoms. The van der Waals surface area contributed by atoms with Crippen LogP contribution in [0.25, 0.3) is 0 Å². The van der Waals surface area contributed by atoms with Crippen molar-refractivity contribution in [3.63, 3.8) is 0 Å². The van der Waals surface area contributed by atoms with Crippen LogP contribution in [0, 0.1) is 0 Å². The number of anilines is 1. The highest BCUT2D eigenvalue weighted by molar-refractivity contribution is 6.29. The van der Waals surface area contributed by atoms with Crippen LogP contribution in [0.3, 0.4) is 0 Å². The molecule has 5 nitrogen and oxygen atoms in total. The highest BCUT2D eigenvalue weighted by Crippen LogP contribution is 2.21. The number of methoxy groups -OCH3 is 2. The van der Waals surface area contributed by atoms with Gasteiger partial charge in [-0.2, -0.15) is 0 Å². The molecular weight excluding hydrogens is 254 g/mol. The van der Waals surface area contributed by atoms with Gasteiger partial charge in [0.1, 0.15) is 17.6 Å². The zero-order chi connectivity index (χ0) is 13.0. The van der Waals surface area contributed by atoms with Gasteiger partial charge in [0.05, 0.1) is 6.10 Å². The summed E-state index contributed by atoms with van der Waals surface area (Å²) >= 11 is 6.00. The Morgan fingerprint density at radius 3 is 2.67 bits per heavy atom. The average molecular weight is 272 g/mol. The van der Waals surface area contributed by atoms with E-state index in [9.17, 15) is 0 Å². The minimum atomic E-state index is 0.358. The third-order valence-electron chi connectivity index (χ3n) is 3.10. The second-order valence-electron chi connectivity index (χ2n) is 4.32. The van der Waals surface area contributed by atoms with Gasteiger partial charge in [-0.1, -0.05) is 11.6 Å². The first kappa shape index (κ1) is 13.5. The molecule has 1 fully saturated rings. The van der Waals surface area contributed by atoms with E-state index in [1.54, 1.807) is 20.3 Å². The first-order valence-electron chi connectivity index (χ1n) is 6.03. The molecule has 6 heteroatoms. The van der Waals surface area contributed by atoms with E-state index < -0.39 is 0 Å². The summed E-state index contributed by atoms with van der Waals surface area (Å²) in [5, 5.41) is 0.459. The molecule has 0 bridgehead atoms. The Morgan fingerprint density at radius 1 is 1.33 bits per heavy atom. The van der Waals surface area contributed by atoms with Crippen LogP contribution in [0.4, 0.5) is 5.82 Å². The predicted molar refractivity (Wildman–Crippen MR) is 70.0 cm³/mol. The molecule has 0 unspecified atom stereocenters. The molecule has 0 saturated carbocycles. The van der Waals surface area contributed by atoms with Crippen LogP contribution in [0.1, 0.15) is 18.7 Å². The largest absolute Gasteiger partial charge is 0.381 e. The monoisotopic (exact) mass is 271 g/mol. The van der Waals surface area contributed by atoms with Crippen molar-refractivity contribution in [3.05, 3.63) is 17.0 Å². The maximum absolute atomic E-state index is 6.00. The van der Waals surface area contributed by atoms with Gasteiger partial charge in [-0.15, -0.1) is 0 Å². The lowest BCUT2D eigenvalue weighted by Gasteiger charge is -2.32. The molecule has 0 amide bonds. The Bertz CT molecular complexity index is 395. The molecule has 2 heterocycles. The van der Waals surface area contributed by atoms with Gasteiger partial charge in [0.2, 0.25) is 0 Å². The summed E-state index contributed by atoms with van der Waals surface area (Å²) in [4.78, 5) is 10.8. The SMILES string of the molecule is COCc1nc(Cl)cc(N2CCC(OC)CC2)n1. The Labute approximate surface area is 112 Å². The van der Waals surface area contributed by atoms with Gasteiger partial charge in [-0.25, -0.2) is 9.97 Å². The van der Waals surface area contributed by atoms with Crippen molar-refractivity contribution in [3.8, 4) is 0 Å². The molecule has 1 aromatic heterocycles. The standard InChI is InChI=1S/C12H18ClN3O2/c1-17-8-11-14-10(13)7-12(15-11)16-5-3-9(18-2)4-6-16/h7,9H,3-6,8H2,1-2H3. The fraction of sp³-hybridized carbons (Fsp3) is 0.667. The van der Waals surface area contributed by atoms with Gasteiger partial charge >= 0.3 is 0 Å². The number of hydrogen-bond donors (Lipinski definition) is 0. The Morgan fingerprint density at radius 2 is 2.06 bits per heavy atom. The molecule has 0 aromatic carbocycles. The minimum Gasteiger partial charge on any atom is -0.381 e. The van der Waals surface area contributed by atoms with Gasteiger partial charge in [0.25, 0.3) is 0 Å². The quantitative estimate of drug-likeness (QED) is 0.783. The van der Waals surface area contributed by atoms with Crippen molar-refractivity contribution >= 4 is 17.4 Å². The number of rotatable bonds is 4. The van der Waals surface area contributed by atoms with Crippen LogP contribution in [0.2, 0.25) is 5.15 Å². The number of hydrogen-bond acceptors (Lipinski definition) is 5. The van der Waals surface area contributed by atoms with E-state index >= 15 is 0 Å². The first-order valence-corrected chi connectivity index (χ1v) is 6.41. The topological polar surface area (TPSA) is 47.5 Å². The zero-order valence-electron chi connectivity index (χ0n) is 10.7. The van der Waals surface area contributed by atoms with Crippen LogP contribution in [-0.2, 0) is 16.1 Å². The van der Waals surface area contributed by atoms with Crippen molar-refractivity contribution in [2.75, 3.05) is 32.2 Å². The van der Waals surface area contributed by atoms with Crippen molar-refractivity contribution in [1.82, 2.24) is 9.97 Å². The van der Waals surface area contributed by atoms with Crippen LogP contribution >= 0.6 is 11.6 Å². The lowest BCUT2D eigenvalue weighted by molar-refractivity contribution is 0.0817. The highest BCUT2D eigenvalue weighted by Gasteiger charge is 2.20. The molecule has 1 aromatic rings. The van der Waals surface area contributed by atoms with E-state index in [1.165, 1.54) is 0 Å². The fourth-order valence-corrected chi connectivity index (χ4v) is 2.32. The molecule has 2 rings (SSSR count). The van der Waals surface area contributed by atoms with E-state index in [-0.39, 0.29) is 0 Å². The van der Waals surface area contributed by atoms with E-state index in [1.807, 2.05) is 0 Å². The van der Waals surface area contributed by atoms with Crippen molar-refractivity contribution in [1.29, 1.82) is 0 Å². The second-order valence-corrected chi connectivity index (χ2v) is 4.71. The number of halogens is 1. The molecular formula is C12H18ClN3O2. The second kappa shape index (κ2) is 6.31. The fourth-order valence-electron chi connectivity index (χ4n) is 2.13. The summed E-state index contributed by atoms with van der Waals surface area (Å²) in [5.41, 5.74) is 0. The third-order valence-corrected chi connectivity index (χ3v) is 3.29. The normalized spacial score (nSPS) is 17.2. The Kier molecular flexibility index (Phi) is 4.74. The van der Waals surface area contributed by atoms with E-state index in [2.05, 4.69) is 14.9 Å². The predicted octanol–water partition coefficient (Wildman–Crippen LogP) is 1.89. The maximum Gasteiger partial charge on any atom is 0.158 e. The average Bonchev–Trinajstić information content (AvgIpc) is 2.38. The van der Waals surface area contributed by atoms with Crippen molar-refractivity contribution in [2.45, 2.75) is 25.6 Å². The molecule has 0 aliphatic carbocycles. The van der Waals surface area contributed by atoms with Gasteiger partial charge in [0.15, 0.2) is 5.82 Å². The Balaban J connectivity index is 2.08. The van der Waals surface area contributed by atoms with Gasteiger partial charge < -0.3 is 14.4 Å². The van der Waals surface area contributed by atoms with E-state index in [0.717, 1.165) is 31.7 Å². The van der Waals surface area contributed by atoms with Crippen molar-refractivity contribution < 1.29 is 9.47 Å². The molecule has 1 aliphatic heterocycles. The van der Waals surface area contributed by atoms with Crippen molar-refractivity contribution in [2.24, 2.45) is 0 Å². The van der Waals surface area contributed by atoms with E-state index in [0.29, 0.717) is 23.7 Å². The van der Waals surface area contributed by atoms with E-state index in [4.69, 9.17) is 21.1 Å². The van der Waals surface area contributed by atoms with Crippen LogP contribution in [0.15, 0.2) is 6.07 Å². The number of aromatic nitrogens is 2. The summed E-state index contributed by atoms with van der Waals surface area (Å²) in [6.07, 6.45) is 2.38. The third kappa shape index (κ3) is 3.31. The summed E-state index contributed by atoms with van der Waals surface area (Å²) in [6, 6.07) is 1.80. The molecule has 1 aliphatic rings. The zero-order valence-corrected chi connectivity index (χ0v) is 11.5. The minimum absolute atomic E-state index is 0.358. The van der Waals surface area contributed by atoms with Gasteiger partial charge in [-0.05, 0) is 12.8 Å². The number of piperidine rings is 1. The van der Waals surface area contributed by atoms with Crippen LogP contribution < -0.4 is 4.90 Å². The maximum atomic E-state index is 6.00. The summed E-state index contributed by atoms with van der Waals surface area (Å²) < 4.78 is 10.4. The summed E-state index contributed by atoms with van der Waals surface area (Å²) in [7, 11) is 3.38. The first-order chi connectivity index (χ1) is 8.72. The molecule has 18 heavy (non-hydrogen) atoms. The highest BCUT2D eigenvalue weighted by atomic mass is 35.5. The molecule has 0 radical (unpaired) electrons. The van der Waals surface area contributed by atoms with Gasteiger partial charge in [-0.3, -0.25) is 0 Å². The molecule has 100 valence electrons. The molecule has 1 saturated heterocycles. The summed E-state index contributed by atoms with van der Waals surface area (Å²) in [6.45, 7) is 2.23. The lowest BCUT2D eigenvalue weighted by atomic mass is 10.1. The van der Waals surface area contributed by atoms with Crippen LogP contribution in [-0.4, -0.2) is 43.4 Å². The van der Waals surface area contributed by atoms with Crippen LogP contribution in [0.5, 0.6) is 0 Å². The van der Waals surface area contributed by atoms with Gasteiger partial charge in [0, 0.05) is 33.4 Å².